The zero-order valence-corrected chi connectivity index (χ0v) is 14.8. The lowest BCUT2D eigenvalue weighted by Crippen LogP contribution is -2.44. The van der Waals surface area contributed by atoms with E-state index < -0.39 is 11.3 Å². The summed E-state index contributed by atoms with van der Waals surface area (Å²) < 4.78 is 0. The summed E-state index contributed by atoms with van der Waals surface area (Å²) in [5.74, 6) is -0.745. The molecule has 2 N–H and O–H groups in total. The summed E-state index contributed by atoms with van der Waals surface area (Å²) in [7, 11) is 0. The van der Waals surface area contributed by atoms with Crippen LogP contribution in [0.5, 0.6) is 0 Å². The first kappa shape index (κ1) is 18.0. The van der Waals surface area contributed by atoms with Gasteiger partial charge in [-0.1, -0.05) is 53.6 Å². The number of para-hydroxylation sites is 1. The van der Waals surface area contributed by atoms with Gasteiger partial charge < -0.3 is 10.6 Å². The van der Waals surface area contributed by atoms with Gasteiger partial charge in [-0.15, -0.1) is 0 Å². The Bertz CT molecular complexity index is 757. The van der Waals surface area contributed by atoms with Crippen molar-refractivity contribution in [3.05, 3.63) is 64.7 Å². The zero-order chi connectivity index (χ0) is 17.7. The van der Waals surface area contributed by atoms with E-state index >= 15 is 0 Å². The minimum Gasteiger partial charge on any atom is -0.351 e. The van der Waals surface area contributed by atoms with Gasteiger partial charge in [0.2, 0.25) is 11.8 Å². The Labute approximate surface area is 147 Å². The highest BCUT2D eigenvalue weighted by atomic mass is 35.5. The average Bonchev–Trinajstić information content (AvgIpc) is 2.54. The lowest BCUT2D eigenvalue weighted by atomic mass is 9.90. The van der Waals surface area contributed by atoms with Crippen LogP contribution in [0.1, 0.15) is 25.0 Å². The van der Waals surface area contributed by atoms with Crippen molar-refractivity contribution in [1.82, 2.24) is 5.32 Å². The number of halogens is 1. The number of amides is 2. The molecule has 0 saturated heterocycles. The van der Waals surface area contributed by atoms with Crippen LogP contribution >= 0.6 is 11.6 Å². The Hall–Kier alpha value is -2.33. The summed E-state index contributed by atoms with van der Waals surface area (Å²) >= 11 is 6.04. The molecule has 2 aromatic carbocycles. The fourth-order valence-electron chi connectivity index (χ4n) is 2.17. The molecule has 0 saturated carbocycles. The van der Waals surface area contributed by atoms with E-state index in [1.54, 1.807) is 38.1 Å². The number of carbonyl (C=O) groups is 2. The number of hydrogen-bond donors (Lipinski definition) is 2. The standard InChI is InChI=1S/C19H21ClN2O2/c1-13-7-6-8-14(11-13)12-21-17(23)19(2,3)18(24)22-16-10-5-4-9-15(16)20/h4-11H,12H2,1-3H3,(H,21,23)(H,22,24). The smallest absolute Gasteiger partial charge is 0.239 e. The number of rotatable bonds is 5. The number of anilines is 1. The van der Waals surface area contributed by atoms with E-state index in [-0.39, 0.29) is 5.91 Å². The van der Waals surface area contributed by atoms with Crippen molar-refractivity contribution < 1.29 is 9.59 Å². The van der Waals surface area contributed by atoms with Gasteiger partial charge in [0.05, 0.1) is 10.7 Å². The van der Waals surface area contributed by atoms with Crippen molar-refractivity contribution in [2.75, 3.05) is 5.32 Å². The summed E-state index contributed by atoms with van der Waals surface area (Å²) in [4.78, 5) is 24.9. The largest absolute Gasteiger partial charge is 0.351 e. The van der Waals surface area contributed by atoms with Crippen LogP contribution in [-0.2, 0) is 16.1 Å². The third-order valence-electron chi connectivity index (χ3n) is 3.79. The number of aryl methyl sites for hydroxylation is 1. The van der Waals surface area contributed by atoms with Crippen LogP contribution in [-0.4, -0.2) is 11.8 Å². The fourth-order valence-corrected chi connectivity index (χ4v) is 2.35. The third-order valence-corrected chi connectivity index (χ3v) is 4.12. The highest BCUT2D eigenvalue weighted by molar-refractivity contribution is 6.33. The van der Waals surface area contributed by atoms with Crippen molar-refractivity contribution in [3.63, 3.8) is 0 Å². The summed E-state index contributed by atoms with van der Waals surface area (Å²) in [6, 6.07) is 14.8. The van der Waals surface area contributed by atoms with Gasteiger partial charge in [0.25, 0.3) is 0 Å². The van der Waals surface area contributed by atoms with Crippen LogP contribution in [0, 0.1) is 12.3 Å². The van der Waals surface area contributed by atoms with Gasteiger partial charge in [-0.25, -0.2) is 0 Å². The monoisotopic (exact) mass is 344 g/mol. The van der Waals surface area contributed by atoms with E-state index in [1.165, 1.54) is 0 Å². The van der Waals surface area contributed by atoms with Crippen LogP contribution in [0.3, 0.4) is 0 Å². The molecule has 0 aliphatic heterocycles. The van der Waals surface area contributed by atoms with Gasteiger partial charge in [-0.05, 0) is 38.5 Å². The highest BCUT2D eigenvalue weighted by Crippen LogP contribution is 2.24. The summed E-state index contributed by atoms with van der Waals surface area (Å²) in [5.41, 5.74) is 1.38. The molecule has 0 unspecified atom stereocenters. The molecular weight excluding hydrogens is 324 g/mol. The van der Waals surface area contributed by atoms with Crippen LogP contribution in [0.25, 0.3) is 0 Å². The quantitative estimate of drug-likeness (QED) is 0.807. The van der Waals surface area contributed by atoms with Crippen LogP contribution < -0.4 is 10.6 Å². The summed E-state index contributed by atoms with van der Waals surface area (Å²) in [6.45, 7) is 5.55. The molecule has 0 spiro atoms. The summed E-state index contributed by atoms with van der Waals surface area (Å²) in [5, 5.41) is 5.95. The van der Waals surface area contributed by atoms with Crippen molar-refractivity contribution in [1.29, 1.82) is 0 Å². The van der Waals surface area contributed by atoms with Crippen molar-refractivity contribution in [2.45, 2.75) is 27.3 Å². The molecule has 0 aromatic heterocycles. The first-order chi connectivity index (χ1) is 11.3. The summed E-state index contributed by atoms with van der Waals surface area (Å²) in [6.07, 6.45) is 0. The molecule has 0 aliphatic carbocycles. The fraction of sp³-hybridized carbons (Fsp3) is 0.263. The SMILES string of the molecule is Cc1cccc(CNC(=O)C(C)(C)C(=O)Nc2ccccc2Cl)c1. The first-order valence-electron chi connectivity index (χ1n) is 7.70. The number of nitrogens with one attached hydrogen (secondary N) is 2. The molecule has 0 atom stereocenters. The van der Waals surface area contributed by atoms with Crippen LogP contribution in [0.2, 0.25) is 5.02 Å². The average molecular weight is 345 g/mol. The van der Waals surface area contributed by atoms with E-state index in [9.17, 15) is 9.59 Å². The predicted octanol–water partition coefficient (Wildman–Crippen LogP) is 3.93. The molecule has 0 fully saturated rings. The second-order valence-corrected chi connectivity index (χ2v) is 6.64. The van der Waals surface area contributed by atoms with Gasteiger partial charge >= 0.3 is 0 Å². The molecule has 24 heavy (non-hydrogen) atoms. The first-order valence-corrected chi connectivity index (χ1v) is 8.08. The Morgan fingerprint density at radius 2 is 1.75 bits per heavy atom. The molecule has 2 aromatic rings. The molecule has 0 heterocycles. The molecule has 5 heteroatoms. The number of carbonyl (C=O) groups excluding carboxylic acids is 2. The second kappa shape index (κ2) is 7.49. The maximum absolute atomic E-state index is 12.5. The molecule has 2 rings (SSSR count). The Kier molecular flexibility index (Phi) is 5.62. The lowest BCUT2D eigenvalue weighted by molar-refractivity contribution is -0.138. The number of benzene rings is 2. The zero-order valence-electron chi connectivity index (χ0n) is 14.0. The second-order valence-electron chi connectivity index (χ2n) is 6.23. The van der Waals surface area contributed by atoms with Gasteiger partial charge in [0.1, 0.15) is 5.41 Å². The molecule has 0 bridgehead atoms. The Morgan fingerprint density at radius 1 is 1.04 bits per heavy atom. The number of hydrogen-bond acceptors (Lipinski definition) is 2. The Morgan fingerprint density at radius 3 is 2.42 bits per heavy atom. The maximum atomic E-state index is 12.5. The van der Waals surface area contributed by atoms with Gasteiger partial charge in [0.15, 0.2) is 0 Å². The maximum Gasteiger partial charge on any atom is 0.239 e. The minimum absolute atomic E-state index is 0.339. The highest BCUT2D eigenvalue weighted by Gasteiger charge is 2.36. The van der Waals surface area contributed by atoms with Gasteiger partial charge in [-0.3, -0.25) is 9.59 Å². The van der Waals surface area contributed by atoms with Crippen LogP contribution in [0.15, 0.2) is 48.5 Å². The van der Waals surface area contributed by atoms with Crippen molar-refractivity contribution >= 4 is 29.1 Å². The molecule has 2 amide bonds. The molecule has 126 valence electrons. The lowest BCUT2D eigenvalue weighted by Gasteiger charge is -2.23. The molecular formula is C19H21ClN2O2. The Balaban J connectivity index is 2.01. The third kappa shape index (κ3) is 4.36. The predicted molar refractivity (Wildman–Crippen MR) is 96.9 cm³/mol. The van der Waals surface area contributed by atoms with E-state index in [1.807, 2.05) is 31.2 Å². The molecule has 4 nitrogen and oxygen atoms in total. The topological polar surface area (TPSA) is 58.2 Å². The van der Waals surface area contributed by atoms with Gasteiger partial charge in [0, 0.05) is 6.54 Å². The van der Waals surface area contributed by atoms with Crippen LogP contribution in [0.4, 0.5) is 5.69 Å². The van der Waals surface area contributed by atoms with E-state index in [0.29, 0.717) is 17.3 Å². The molecule has 0 aliphatic rings. The van der Waals surface area contributed by atoms with E-state index in [4.69, 9.17) is 11.6 Å². The normalized spacial score (nSPS) is 11.0. The molecule has 0 radical (unpaired) electrons. The van der Waals surface area contributed by atoms with Crippen molar-refractivity contribution in [3.8, 4) is 0 Å². The van der Waals surface area contributed by atoms with E-state index in [0.717, 1.165) is 11.1 Å². The minimum atomic E-state index is -1.22. The van der Waals surface area contributed by atoms with Crippen molar-refractivity contribution in [2.24, 2.45) is 5.41 Å². The van der Waals surface area contributed by atoms with E-state index in [2.05, 4.69) is 10.6 Å². The van der Waals surface area contributed by atoms with Gasteiger partial charge in [-0.2, -0.15) is 0 Å².